The number of amides is 2. The van der Waals surface area contributed by atoms with E-state index in [1.165, 1.54) is 7.11 Å². The number of aryl methyl sites for hydroxylation is 1. The lowest BCUT2D eigenvalue weighted by atomic mass is 9.97. The summed E-state index contributed by atoms with van der Waals surface area (Å²) < 4.78 is 14.5. The van der Waals surface area contributed by atoms with Crippen LogP contribution in [0, 0.1) is 0 Å². The lowest BCUT2D eigenvalue weighted by Crippen LogP contribution is -2.46. The molecular formula is C30H30N2O7S. The number of thioether (sulfide) groups is 1. The minimum atomic E-state index is -1.73. The summed E-state index contributed by atoms with van der Waals surface area (Å²) >= 11 is 0.629. The Bertz CT molecular complexity index is 1350. The predicted octanol–water partition coefficient (Wildman–Crippen LogP) is 4.38. The summed E-state index contributed by atoms with van der Waals surface area (Å²) in [5, 5.41) is 1.61. The molecule has 0 radical (unpaired) electrons. The summed E-state index contributed by atoms with van der Waals surface area (Å²) in [6, 6.07) is 19.8. The maximum Gasteiger partial charge on any atom is 0.333 e. The van der Waals surface area contributed by atoms with E-state index in [4.69, 9.17) is 14.2 Å². The van der Waals surface area contributed by atoms with E-state index in [0.717, 1.165) is 23.2 Å². The maximum atomic E-state index is 13.1. The Morgan fingerprint density at radius 1 is 0.975 bits per heavy atom. The fourth-order valence-electron chi connectivity index (χ4n) is 4.19. The van der Waals surface area contributed by atoms with Gasteiger partial charge in [0.25, 0.3) is 11.1 Å². The number of hydrogen-bond donors (Lipinski definition) is 1. The Hall–Kier alpha value is -4.18. The summed E-state index contributed by atoms with van der Waals surface area (Å²) in [6.07, 6.45) is 2.72. The van der Waals surface area contributed by atoms with Crippen LogP contribution < -0.4 is 10.1 Å². The SMILES string of the molecule is CCc1ccc(C(COc2ccc(C[C@@]3(C(=O)OCc4ccccc4)SC(=O)NC3=O)cc2)CC(=O)OC)nc1. The van der Waals surface area contributed by atoms with E-state index in [0.29, 0.717) is 23.1 Å². The number of aromatic nitrogens is 1. The Labute approximate surface area is 236 Å². The maximum absolute atomic E-state index is 13.1. The van der Waals surface area contributed by atoms with Gasteiger partial charge in [0.1, 0.15) is 12.4 Å². The average Bonchev–Trinajstić information content (AvgIpc) is 3.28. The number of esters is 2. The number of benzene rings is 2. The minimum Gasteiger partial charge on any atom is -0.493 e. The van der Waals surface area contributed by atoms with E-state index in [-0.39, 0.29) is 37.9 Å². The zero-order valence-electron chi connectivity index (χ0n) is 22.3. The van der Waals surface area contributed by atoms with Crippen LogP contribution in [0.15, 0.2) is 72.9 Å². The summed E-state index contributed by atoms with van der Waals surface area (Å²) in [6.45, 7) is 2.22. The van der Waals surface area contributed by atoms with Crippen molar-refractivity contribution in [1.82, 2.24) is 10.3 Å². The van der Waals surface area contributed by atoms with Gasteiger partial charge in [0.2, 0.25) is 4.75 Å². The number of carbonyl (C=O) groups is 4. The van der Waals surface area contributed by atoms with Gasteiger partial charge < -0.3 is 14.2 Å². The molecular weight excluding hydrogens is 532 g/mol. The summed E-state index contributed by atoms with van der Waals surface area (Å²) in [5.41, 5.74) is 3.23. The smallest absolute Gasteiger partial charge is 0.333 e. The van der Waals surface area contributed by atoms with Crippen LogP contribution in [0.2, 0.25) is 0 Å². The lowest BCUT2D eigenvalue weighted by Gasteiger charge is -2.22. The molecule has 1 unspecified atom stereocenters. The molecule has 208 valence electrons. The number of nitrogens with zero attached hydrogens (tertiary/aromatic N) is 1. The molecule has 2 atom stereocenters. The Morgan fingerprint density at radius 3 is 2.30 bits per heavy atom. The molecule has 2 amide bonds. The van der Waals surface area contributed by atoms with Crippen molar-refractivity contribution in [3.05, 3.63) is 95.3 Å². The third-order valence-corrected chi connectivity index (χ3v) is 7.67. The van der Waals surface area contributed by atoms with E-state index in [2.05, 4.69) is 10.3 Å². The van der Waals surface area contributed by atoms with E-state index >= 15 is 0 Å². The van der Waals surface area contributed by atoms with Crippen LogP contribution in [0.4, 0.5) is 4.79 Å². The molecule has 10 heteroatoms. The fraction of sp³-hybridized carbons (Fsp3) is 0.300. The van der Waals surface area contributed by atoms with Crippen LogP contribution in [0.3, 0.4) is 0 Å². The van der Waals surface area contributed by atoms with E-state index in [9.17, 15) is 19.2 Å². The van der Waals surface area contributed by atoms with Gasteiger partial charge in [0.05, 0.1) is 20.1 Å². The minimum absolute atomic E-state index is 0.0149. The second-order valence-corrected chi connectivity index (χ2v) is 10.6. The number of carbonyl (C=O) groups excluding carboxylic acids is 4. The highest BCUT2D eigenvalue weighted by molar-refractivity contribution is 8.16. The topological polar surface area (TPSA) is 121 Å². The molecule has 2 aromatic carbocycles. The van der Waals surface area contributed by atoms with Crippen molar-refractivity contribution < 1.29 is 33.4 Å². The number of hydrogen-bond acceptors (Lipinski definition) is 9. The van der Waals surface area contributed by atoms with Crippen molar-refractivity contribution in [3.8, 4) is 5.75 Å². The molecule has 1 N–H and O–H groups in total. The molecule has 4 rings (SSSR count). The second-order valence-electron chi connectivity index (χ2n) is 9.29. The van der Waals surface area contributed by atoms with Crippen LogP contribution in [-0.2, 0) is 43.3 Å². The average molecular weight is 563 g/mol. The fourth-order valence-corrected chi connectivity index (χ4v) is 5.18. The summed E-state index contributed by atoms with van der Waals surface area (Å²) in [5.74, 6) is -1.63. The third-order valence-electron chi connectivity index (χ3n) is 6.53. The van der Waals surface area contributed by atoms with Gasteiger partial charge in [0.15, 0.2) is 0 Å². The number of rotatable bonds is 12. The molecule has 9 nitrogen and oxygen atoms in total. The van der Waals surface area contributed by atoms with Crippen LogP contribution in [0.5, 0.6) is 5.75 Å². The van der Waals surface area contributed by atoms with Crippen molar-refractivity contribution in [2.75, 3.05) is 13.7 Å². The van der Waals surface area contributed by atoms with Crippen molar-refractivity contribution in [2.45, 2.75) is 43.5 Å². The van der Waals surface area contributed by atoms with Crippen molar-refractivity contribution in [3.63, 3.8) is 0 Å². The van der Waals surface area contributed by atoms with Gasteiger partial charge in [-0.1, -0.05) is 55.5 Å². The molecule has 2 heterocycles. The third kappa shape index (κ3) is 7.06. The van der Waals surface area contributed by atoms with E-state index < -0.39 is 21.9 Å². The highest BCUT2D eigenvalue weighted by Crippen LogP contribution is 2.37. The highest BCUT2D eigenvalue weighted by atomic mass is 32.2. The quantitative estimate of drug-likeness (QED) is 0.253. The molecule has 0 bridgehead atoms. The zero-order valence-corrected chi connectivity index (χ0v) is 23.1. The number of imide groups is 1. The molecule has 3 aromatic rings. The van der Waals surface area contributed by atoms with Crippen LogP contribution in [-0.4, -0.2) is 46.5 Å². The molecule has 1 fully saturated rings. The van der Waals surface area contributed by atoms with E-state index in [1.54, 1.807) is 42.6 Å². The van der Waals surface area contributed by atoms with Gasteiger partial charge in [0, 0.05) is 24.2 Å². The summed E-state index contributed by atoms with van der Waals surface area (Å²) in [4.78, 5) is 54.4. The van der Waals surface area contributed by atoms with Crippen molar-refractivity contribution >= 4 is 34.8 Å². The Balaban J connectivity index is 1.44. The van der Waals surface area contributed by atoms with Crippen molar-refractivity contribution in [1.29, 1.82) is 0 Å². The molecule has 0 spiro atoms. The first-order chi connectivity index (χ1) is 19.3. The zero-order chi connectivity index (χ0) is 28.5. The van der Waals surface area contributed by atoms with Crippen LogP contribution in [0.1, 0.15) is 41.6 Å². The molecule has 40 heavy (non-hydrogen) atoms. The van der Waals surface area contributed by atoms with Crippen LogP contribution >= 0.6 is 11.8 Å². The second kappa shape index (κ2) is 13.3. The first kappa shape index (κ1) is 28.8. The molecule has 1 saturated heterocycles. The Morgan fingerprint density at radius 2 is 1.70 bits per heavy atom. The van der Waals surface area contributed by atoms with Crippen molar-refractivity contribution in [2.24, 2.45) is 0 Å². The first-order valence-corrected chi connectivity index (χ1v) is 13.6. The van der Waals surface area contributed by atoms with Gasteiger partial charge in [-0.15, -0.1) is 0 Å². The van der Waals surface area contributed by atoms with Gasteiger partial charge in [-0.3, -0.25) is 24.7 Å². The largest absolute Gasteiger partial charge is 0.493 e. The Kier molecular flexibility index (Phi) is 9.55. The molecule has 0 saturated carbocycles. The van der Waals surface area contributed by atoms with Gasteiger partial charge in [-0.2, -0.15) is 0 Å². The molecule has 1 aromatic heterocycles. The number of ether oxygens (including phenoxy) is 3. The van der Waals surface area contributed by atoms with Gasteiger partial charge in [-0.25, -0.2) is 4.79 Å². The lowest BCUT2D eigenvalue weighted by molar-refractivity contribution is -0.151. The van der Waals surface area contributed by atoms with Gasteiger partial charge in [-0.05, 0) is 53.1 Å². The molecule has 1 aliphatic rings. The normalized spacial score (nSPS) is 17.1. The number of pyridine rings is 1. The highest BCUT2D eigenvalue weighted by Gasteiger charge is 2.55. The standard InChI is InChI=1S/C30H30N2O7S/c1-3-20-11-14-25(31-17-20)23(15-26(33)37-2)19-38-24-12-9-21(10-13-24)16-30(27(34)32-29(36)40-30)28(35)39-18-22-7-5-4-6-8-22/h4-14,17,23H,3,15-16,18-19H2,1-2H3,(H,32,34,36)/t23?,30-/m1/s1. The predicted molar refractivity (Wildman–Crippen MR) is 149 cm³/mol. The number of methoxy groups -OCH3 is 1. The number of nitrogens with one attached hydrogen (secondary N) is 1. The molecule has 0 aliphatic carbocycles. The van der Waals surface area contributed by atoms with Crippen LogP contribution in [0.25, 0.3) is 0 Å². The first-order valence-electron chi connectivity index (χ1n) is 12.8. The molecule has 1 aliphatic heterocycles. The van der Waals surface area contributed by atoms with Gasteiger partial charge >= 0.3 is 11.9 Å². The van der Waals surface area contributed by atoms with E-state index in [1.807, 2.05) is 37.3 Å². The monoisotopic (exact) mass is 562 g/mol. The summed E-state index contributed by atoms with van der Waals surface area (Å²) in [7, 11) is 1.34.